The summed E-state index contributed by atoms with van der Waals surface area (Å²) in [6.45, 7) is 9.13. The molecule has 170 valence electrons. The fourth-order valence-corrected chi connectivity index (χ4v) is 5.35. The van der Waals surface area contributed by atoms with Crippen molar-refractivity contribution in [2.45, 2.75) is 40.0 Å². The van der Waals surface area contributed by atoms with Gasteiger partial charge >= 0.3 is 0 Å². The fraction of sp³-hybridized carbons (Fsp3) is 0.346. The molecule has 5 rings (SSSR count). The number of hydrogen-bond donors (Lipinski definition) is 2. The van der Waals surface area contributed by atoms with E-state index in [1.807, 2.05) is 0 Å². The molecule has 1 amide bonds. The molecule has 1 aliphatic rings. The Kier molecular flexibility index (Phi) is 5.07. The van der Waals surface area contributed by atoms with Gasteiger partial charge in [-0.05, 0) is 73.4 Å². The monoisotopic (exact) mass is 445 g/mol. The Morgan fingerprint density at radius 3 is 2.64 bits per heavy atom. The van der Waals surface area contributed by atoms with Gasteiger partial charge in [0.25, 0.3) is 5.91 Å². The highest BCUT2D eigenvalue weighted by Crippen LogP contribution is 2.67. The molecule has 1 saturated carbocycles. The first kappa shape index (κ1) is 21.4. The normalized spacial score (nSPS) is 19.1. The van der Waals surface area contributed by atoms with Crippen LogP contribution in [-0.4, -0.2) is 32.4 Å². The van der Waals surface area contributed by atoms with Crippen LogP contribution in [0.4, 0.5) is 4.39 Å². The molecule has 6 nitrogen and oxygen atoms in total. The van der Waals surface area contributed by atoms with Crippen LogP contribution in [0.2, 0.25) is 0 Å². The molecule has 33 heavy (non-hydrogen) atoms. The van der Waals surface area contributed by atoms with Crippen LogP contribution in [-0.2, 0) is 0 Å². The smallest absolute Gasteiger partial charge is 0.273 e. The minimum atomic E-state index is -0.321. The second-order valence-corrected chi connectivity index (χ2v) is 9.57. The number of nitrogens with one attached hydrogen (secondary N) is 2. The summed E-state index contributed by atoms with van der Waals surface area (Å²) in [5.74, 6) is 0.399. The number of halogens is 1. The zero-order valence-electron chi connectivity index (χ0n) is 19.3. The largest absolute Gasteiger partial charge is 0.358 e. The zero-order valence-corrected chi connectivity index (χ0v) is 19.3. The van der Waals surface area contributed by atoms with Gasteiger partial charge in [-0.2, -0.15) is 0 Å². The molecule has 4 aromatic rings. The number of aryl methyl sites for hydroxylation is 1. The SMILES string of the molecule is Cc1[nH]c2ccccc2c1[C@H]1[C@H](CCNC(=O)c2nnn(-c3ccc(F)cc3)c2C)C1(C)C. The number of rotatable bonds is 6. The van der Waals surface area contributed by atoms with Gasteiger partial charge in [-0.25, -0.2) is 9.07 Å². The summed E-state index contributed by atoms with van der Waals surface area (Å²) in [4.78, 5) is 16.3. The Balaban J connectivity index is 1.25. The van der Waals surface area contributed by atoms with E-state index in [1.54, 1.807) is 23.7 Å². The summed E-state index contributed by atoms with van der Waals surface area (Å²) in [7, 11) is 0. The molecular formula is C26H28FN5O. The van der Waals surface area contributed by atoms with Gasteiger partial charge in [-0.1, -0.05) is 37.3 Å². The number of hydrogen-bond acceptors (Lipinski definition) is 3. The number of aromatic amines is 1. The van der Waals surface area contributed by atoms with E-state index in [2.05, 4.69) is 65.6 Å². The summed E-state index contributed by atoms with van der Waals surface area (Å²) in [5.41, 5.74) is 5.58. The molecule has 0 spiro atoms. The molecule has 2 N–H and O–H groups in total. The number of aromatic nitrogens is 4. The van der Waals surface area contributed by atoms with Gasteiger partial charge in [0.1, 0.15) is 5.82 Å². The molecule has 0 saturated heterocycles. The number of amides is 1. The highest BCUT2D eigenvalue weighted by Gasteiger charge is 2.58. The van der Waals surface area contributed by atoms with E-state index in [4.69, 9.17) is 0 Å². The molecule has 0 unspecified atom stereocenters. The van der Waals surface area contributed by atoms with Gasteiger partial charge in [-0.3, -0.25) is 4.79 Å². The average molecular weight is 446 g/mol. The van der Waals surface area contributed by atoms with Gasteiger partial charge in [0, 0.05) is 23.1 Å². The van der Waals surface area contributed by atoms with Crippen LogP contribution in [0.3, 0.4) is 0 Å². The number of benzene rings is 2. The minimum Gasteiger partial charge on any atom is -0.358 e. The maximum Gasteiger partial charge on any atom is 0.273 e. The van der Waals surface area contributed by atoms with Crippen molar-refractivity contribution in [1.29, 1.82) is 0 Å². The van der Waals surface area contributed by atoms with E-state index in [0.717, 1.165) is 6.42 Å². The van der Waals surface area contributed by atoms with E-state index < -0.39 is 0 Å². The van der Waals surface area contributed by atoms with Crippen LogP contribution in [0.25, 0.3) is 16.6 Å². The van der Waals surface area contributed by atoms with Crippen LogP contribution < -0.4 is 5.32 Å². The molecule has 2 aromatic carbocycles. The summed E-state index contributed by atoms with van der Waals surface area (Å²) < 4.78 is 14.8. The molecule has 7 heteroatoms. The van der Waals surface area contributed by atoms with E-state index in [0.29, 0.717) is 35.5 Å². The molecule has 0 radical (unpaired) electrons. The number of fused-ring (bicyclic) bond motifs is 1. The summed E-state index contributed by atoms with van der Waals surface area (Å²) in [5, 5.41) is 12.5. The van der Waals surface area contributed by atoms with Crippen LogP contribution in [0.15, 0.2) is 48.5 Å². The van der Waals surface area contributed by atoms with Crippen molar-refractivity contribution < 1.29 is 9.18 Å². The molecular weight excluding hydrogens is 417 g/mol. The Hall–Kier alpha value is -3.48. The van der Waals surface area contributed by atoms with Crippen molar-refractivity contribution in [3.8, 4) is 5.69 Å². The lowest BCUT2D eigenvalue weighted by molar-refractivity contribution is 0.0946. The summed E-state index contributed by atoms with van der Waals surface area (Å²) in [6, 6.07) is 14.4. The predicted molar refractivity (Wildman–Crippen MR) is 126 cm³/mol. The second kappa shape index (κ2) is 7.83. The summed E-state index contributed by atoms with van der Waals surface area (Å²) in [6.07, 6.45) is 0.896. The first-order valence-corrected chi connectivity index (χ1v) is 11.3. The third-order valence-electron chi connectivity index (χ3n) is 7.23. The Bertz CT molecular complexity index is 1330. The van der Waals surface area contributed by atoms with Crippen LogP contribution in [0.5, 0.6) is 0 Å². The predicted octanol–water partition coefficient (Wildman–Crippen LogP) is 5.06. The number of nitrogens with zero attached hydrogens (tertiary/aromatic N) is 3. The number of H-pyrrole nitrogens is 1. The third-order valence-corrected chi connectivity index (χ3v) is 7.23. The van der Waals surface area contributed by atoms with Crippen molar-refractivity contribution in [2.75, 3.05) is 6.54 Å². The fourth-order valence-electron chi connectivity index (χ4n) is 5.35. The van der Waals surface area contributed by atoms with Crippen LogP contribution in [0.1, 0.15) is 53.6 Å². The second-order valence-electron chi connectivity index (χ2n) is 9.57. The molecule has 0 bridgehead atoms. The Morgan fingerprint density at radius 2 is 1.88 bits per heavy atom. The maximum absolute atomic E-state index is 13.2. The van der Waals surface area contributed by atoms with Crippen molar-refractivity contribution in [3.05, 3.63) is 77.0 Å². The Morgan fingerprint density at radius 1 is 1.15 bits per heavy atom. The quantitative estimate of drug-likeness (QED) is 0.435. The van der Waals surface area contributed by atoms with E-state index in [1.165, 1.54) is 34.3 Å². The minimum absolute atomic E-state index is 0.183. The zero-order chi connectivity index (χ0) is 23.3. The van der Waals surface area contributed by atoms with Gasteiger partial charge < -0.3 is 10.3 Å². The van der Waals surface area contributed by atoms with E-state index in [9.17, 15) is 9.18 Å². The number of carbonyl (C=O) groups is 1. The molecule has 2 aromatic heterocycles. The van der Waals surface area contributed by atoms with Gasteiger partial charge in [0.2, 0.25) is 0 Å². The Labute approximate surface area is 192 Å². The standard InChI is InChI=1S/C26H28FN5O/c1-15-22(19-7-5-6-8-21(19)29-15)23-20(26(23,3)4)13-14-28-25(33)24-16(2)32(31-30-24)18-11-9-17(27)10-12-18/h5-12,20,23,29H,13-14H2,1-4H3,(H,28,33)/t20-,23+/m0/s1. The van der Waals surface area contributed by atoms with E-state index in [-0.39, 0.29) is 17.1 Å². The molecule has 2 heterocycles. The van der Waals surface area contributed by atoms with Crippen LogP contribution >= 0.6 is 0 Å². The number of para-hydroxylation sites is 1. The highest BCUT2D eigenvalue weighted by atomic mass is 19.1. The molecule has 2 atom stereocenters. The van der Waals surface area contributed by atoms with E-state index >= 15 is 0 Å². The summed E-state index contributed by atoms with van der Waals surface area (Å²) >= 11 is 0. The first-order valence-electron chi connectivity index (χ1n) is 11.3. The molecule has 1 fully saturated rings. The first-order chi connectivity index (χ1) is 15.8. The topological polar surface area (TPSA) is 75.6 Å². The third kappa shape index (κ3) is 3.61. The average Bonchev–Trinajstić information content (AvgIpc) is 3.07. The lowest BCUT2D eigenvalue weighted by Gasteiger charge is -2.06. The lowest BCUT2D eigenvalue weighted by Crippen LogP contribution is -2.26. The van der Waals surface area contributed by atoms with Gasteiger partial charge in [0.05, 0.1) is 11.4 Å². The highest BCUT2D eigenvalue weighted by molar-refractivity contribution is 5.93. The number of carbonyl (C=O) groups excluding carboxylic acids is 1. The van der Waals surface area contributed by atoms with Crippen molar-refractivity contribution in [3.63, 3.8) is 0 Å². The van der Waals surface area contributed by atoms with Crippen LogP contribution in [0, 0.1) is 31.0 Å². The molecule has 0 aliphatic heterocycles. The van der Waals surface area contributed by atoms with Gasteiger partial charge in [0.15, 0.2) is 5.69 Å². The van der Waals surface area contributed by atoms with Crippen molar-refractivity contribution in [2.24, 2.45) is 11.3 Å². The lowest BCUT2D eigenvalue weighted by atomic mass is 10.0. The maximum atomic E-state index is 13.2. The van der Waals surface area contributed by atoms with Gasteiger partial charge in [-0.15, -0.1) is 5.10 Å². The van der Waals surface area contributed by atoms with Crippen molar-refractivity contribution in [1.82, 2.24) is 25.3 Å². The van der Waals surface area contributed by atoms with Crippen molar-refractivity contribution >= 4 is 16.8 Å². The molecule has 1 aliphatic carbocycles.